The van der Waals surface area contributed by atoms with Crippen LogP contribution >= 0.6 is 0 Å². The summed E-state index contributed by atoms with van der Waals surface area (Å²) in [5.74, 6) is -0.316. The SMILES string of the molecule is NCc1cc(COc2cccc(C(F)(F)F)c2)ccc1F. The maximum Gasteiger partial charge on any atom is 0.416 e. The van der Waals surface area contributed by atoms with Crippen LogP contribution < -0.4 is 10.5 Å². The minimum atomic E-state index is -4.41. The average Bonchev–Trinajstić information content (AvgIpc) is 2.46. The van der Waals surface area contributed by atoms with Gasteiger partial charge in [0, 0.05) is 12.1 Å². The van der Waals surface area contributed by atoms with E-state index in [-0.39, 0.29) is 18.9 Å². The van der Waals surface area contributed by atoms with Crippen molar-refractivity contribution < 1.29 is 22.3 Å². The molecule has 2 aromatic carbocycles. The summed E-state index contributed by atoms with van der Waals surface area (Å²) in [5.41, 5.74) is 5.58. The van der Waals surface area contributed by atoms with E-state index in [4.69, 9.17) is 10.5 Å². The van der Waals surface area contributed by atoms with Gasteiger partial charge in [0.15, 0.2) is 0 Å². The highest BCUT2D eigenvalue weighted by atomic mass is 19.4. The minimum Gasteiger partial charge on any atom is -0.489 e. The molecule has 0 atom stereocenters. The van der Waals surface area contributed by atoms with E-state index in [0.717, 1.165) is 12.1 Å². The van der Waals surface area contributed by atoms with Gasteiger partial charge in [-0.2, -0.15) is 13.2 Å². The molecule has 0 aromatic heterocycles. The molecule has 2 rings (SSSR count). The molecule has 0 amide bonds. The highest BCUT2D eigenvalue weighted by Crippen LogP contribution is 2.31. The van der Waals surface area contributed by atoms with E-state index in [0.29, 0.717) is 11.1 Å². The first-order chi connectivity index (χ1) is 9.90. The number of hydrogen-bond acceptors (Lipinski definition) is 2. The molecular weight excluding hydrogens is 286 g/mol. The first-order valence-electron chi connectivity index (χ1n) is 6.17. The van der Waals surface area contributed by atoms with Crippen LogP contribution in [0.15, 0.2) is 42.5 Å². The molecule has 2 nitrogen and oxygen atoms in total. The number of rotatable bonds is 4. The highest BCUT2D eigenvalue weighted by molar-refractivity contribution is 5.31. The van der Waals surface area contributed by atoms with Gasteiger partial charge in [0.05, 0.1) is 5.56 Å². The molecule has 2 aromatic rings. The second kappa shape index (κ2) is 6.13. The summed E-state index contributed by atoms with van der Waals surface area (Å²) >= 11 is 0. The van der Waals surface area contributed by atoms with Gasteiger partial charge in [0.2, 0.25) is 0 Å². The normalized spacial score (nSPS) is 11.5. The Morgan fingerprint density at radius 1 is 1.05 bits per heavy atom. The lowest BCUT2D eigenvalue weighted by Crippen LogP contribution is -2.05. The van der Waals surface area contributed by atoms with Crippen molar-refractivity contribution in [2.75, 3.05) is 0 Å². The third kappa shape index (κ3) is 3.95. The first-order valence-corrected chi connectivity index (χ1v) is 6.17. The smallest absolute Gasteiger partial charge is 0.416 e. The van der Waals surface area contributed by atoms with Crippen molar-refractivity contribution >= 4 is 0 Å². The van der Waals surface area contributed by atoms with Gasteiger partial charge in [-0.25, -0.2) is 4.39 Å². The third-order valence-electron chi connectivity index (χ3n) is 2.90. The number of halogens is 4. The molecule has 6 heteroatoms. The van der Waals surface area contributed by atoms with Crippen molar-refractivity contribution in [1.82, 2.24) is 0 Å². The predicted molar refractivity (Wildman–Crippen MR) is 70.1 cm³/mol. The largest absolute Gasteiger partial charge is 0.489 e. The quantitative estimate of drug-likeness (QED) is 0.870. The fourth-order valence-electron chi connectivity index (χ4n) is 1.80. The molecule has 0 radical (unpaired) electrons. The van der Waals surface area contributed by atoms with Gasteiger partial charge in [-0.1, -0.05) is 12.1 Å². The van der Waals surface area contributed by atoms with E-state index in [9.17, 15) is 17.6 Å². The van der Waals surface area contributed by atoms with Gasteiger partial charge < -0.3 is 10.5 Å². The Bertz CT molecular complexity index is 625. The number of hydrogen-bond donors (Lipinski definition) is 1. The molecule has 0 saturated carbocycles. The second-order valence-electron chi connectivity index (χ2n) is 4.44. The highest BCUT2D eigenvalue weighted by Gasteiger charge is 2.30. The Labute approximate surface area is 119 Å². The van der Waals surface area contributed by atoms with Crippen LogP contribution in [0.1, 0.15) is 16.7 Å². The van der Waals surface area contributed by atoms with Crippen molar-refractivity contribution in [3.63, 3.8) is 0 Å². The molecule has 0 aliphatic rings. The summed E-state index contributed by atoms with van der Waals surface area (Å²) < 4.78 is 56.3. The van der Waals surface area contributed by atoms with E-state index in [1.54, 1.807) is 0 Å². The number of benzene rings is 2. The molecule has 0 spiro atoms. The third-order valence-corrected chi connectivity index (χ3v) is 2.90. The molecule has 0 bridgehead atoms. The van der Waals surface area contributed by atoms with E-state index in [1.165, 1.54) is 30.3 Å². The Balaban J connectivity index is 2.10. The molecule has 0 saturated heterocycles. The monoisotopic (exact) mass is 299 g/mol. The van der Waals surface area contributed by atoms with E-state index in [1.807, 2.05) is 0 Å². The summed E-state index contributed by atoms with van der Waals surface area (Å²) in [6.45, 7) is 0.0812. The molecule has 2 N–H and O–H groups in total. The Hall–Kier alpha value is -2.08. The maximum absolute atomic E-state index is 13.3. The van der Waals surface area contributed by atoms with E-state index < -0.39 is 17.6 Å². The van der Waals surface area contributed by atoms with Gasteiger partial charge in [-0.3, -0.25) is 0 Å². The average molecular weight is 299 g/mol. The van der Waals surface area contributed by atoms with Crippen molar-refractivity contribution in [3.8, 4) is 5.75 Å². The van der Waals surface area contributed by atoms with Gasteiger partial charge >= 0.3 is 6.18 Å². The standard InChI is InChI=1S/C15H13F4NO/c16-14-5-4-10(6-11(14)8-20)9-21-13-3-1-2-12(7-13)15(17,18)19/h1-7H,8-9,20H2. The van der Waals surface area contributed by atoms with Gasteiger partial charge in [0.1, 0.15) is 18.2 Å². The molecule has 112 valence electrons. The van der Waals surface area contributed by atoms with Crippen molar-refractivity contribution in [3.05, 3.63) is 65.0 Å². The van der Waals surface area contributed by atoms with Gasteiger partial charge in [-0.15, -0.1) is 0 Å². The van der Waals surface area contributed by atoms with Crippen LogP contribution in [-0.2, 0) is 19.3 Å². The molecule has 0 aliphatic carbocycles. The molecule has 0 unspecified atom stereocenters. The Morgan fingerprint density at radius 2 is 1.81 bits per heavy atom. The first kappa shape index (κ1) is 15.3. The van der Waals surface area contributed by atoms with Crippen LogP contribution in [-0.4, -0.2) is 0 Å². The van der Waals surface area contributed by atoms with E-state index in [2.05, 4.69) is 0 Å². The zero-order chi connectivity index (χ0) is 15.5. The fourth-order valence-corrected chi connectivity index (χ4v) is 1.80. The molecule has 0 fully saturated rings. The number of ether oxygens (including phenoxy) is 1. The zero-order valence-electron chi connectivity index (χ0n) is 11.0. The molecule has 0 aliphatic heterocycles. The van der Waals surface area contributed by atoms with Gasteiger partial charge in [-0.05, 0) is 35.9 Å². The number of nitrogens with two attached hydrogens (primary N) is 1. The summed E-state index contributed by atoms with van der Waals surface area (Å²) in [5, 5.41) is 0. The second-order valence-corrected chi connectivity index (χ2v) is 4.44. The summed E-state index contributed by atoms with van der Waals surface area (Å²) in [6.07, 6.45) is -4.41. The summed E-state index contributed by atoms with van der Waals surface area (Å²) in [7, 11) is 0. The maximum atomic E-state index is 13.3. The lowest BCUT2D eigenvalue weighted by atomic mass is 10.1. The van der Waals surface area contributed by atoms with Crippen LogP contribution in [0.2, 0.25) is 0 Å². The minimum absolute atomic E-state index is 0.0363. The Kier molecular flexibility index (Phi) is 4.47. The molecule has 21 heavy (non-hydrogen) atoms. The van der Waals surface area contributed by atoms with Crippen molar-refractivity contribution in [2.24, 2.45) is 5.73 Å². The van der Waals surface area contributed by atoms with E-state index >= 15 is 0 Å². The fraction of sp³-hybridized carbons (Fsp3) is 0.200. The lowest BCUT2D eigenvalue weighted by molar-refractivity contribution is -0.137. The summed E-state index contributed by atoms with van der Waals surface area (Å²) in [6, 6.07) is 8.89. The van der Waals surface area contributed by atoms with Gasteiger partial charge in [0.25, 0.3) is 0 Å². The van der Waals surface area contributed by atoms with Crippen molar-refractivity contribution in [1.29, 1.82) is 0 Å². The van der Waals surface area contributed by atoms with Crippen LogP contribution in [0.4, 0.5) is 17.6 Å². The topological polar surface area (TPSA) is 35.2 Å². The predicted octanol–water partition coefficient (Wildman–Crippen LogP) is 3.88. The molecular formula is C15H13F4NO. The number of alkyl halides is 3. The molecule has 0 heterocycles. The van der Waals surface area contributed by atoms with Crippen LogP contribution in [0.3, 0.4) is 0 Å². The van der Waals surface area contributed by atoms with Crippen LogP contribution in [0.5, 0.6) is 5.75 Å². The lowest BCUT2D eigenvalue weighted by Gasteiger charge is -2.11. The van der Waals surface area contributed by atoms with Crippen LogP contribution in [0.25, 0.3) is 0 Å². The summed E-state index contributed by atoms with van der Waals surface area (Å²) in [4.78, 5) is 0. The van der Waals surface area contributed by atoms with Crippen molar-refractivity contribution in [2.45, 2.75) is 19.3 Å². The Morgan fingerprint density at radius 3 is 2.48 bits per heavy atom. The zero-order valence-corrected chi connectivity index (χ0v) is 11.0. The van der Waals surface area contributed by atoms with Crippen LogP contribution in [0, 0.1) is 5.82 Å².